The lowest BCUT2D eigenvalue weighted by atomic mass is 10.1. The lowest BCUT2D eigenvalue weighted by molar-refractivity contribution is 0.245. The molecule has 6 heteroatoms. The summed E-state index contributed by atoms with van der Waals surface area (Å²) >= 11 is 0. The molecule has 4 nitrogen and oxygen atoms in total. The van der Waals surface area contributed by atoms with Crippen LogP contribution in [0.3, 0.4) is 0 Å². The Balaban J connectivity index is 1.78. The Bertz CT molecular complexity index is 584. The zero-order chi connectivity index (χ0) is 14.9. The first kappa shape index (κ1) is 14.9. The standard InChI is InChI=1S/C15H21FN2O2S/c16-12-4-8-15(9-5-12)21(19,20)18-10-2-1-3-14(18)11-17-13-6-7-13/h4-5,8-9,13-14,17H,1-3,6-7,10-11H2. The van der Waals surface area contributed by atoms with Gasteiger partial charge < -0.3 is 5.32 Å². The Kier molecular flexibility index (Phi) is 4.28. The van der Waals surface area contributed by atoms with Crippen molar-refractivity contribution in [3.63, 3.8) is 0 Å². The molecule has 0 amide bonds. The Labute approximate surface area is 125 Å². The molecule has 3 rings (SSSR count). The molecule has 0 bridgehead atoms. The summed E-state index contributed by atoms with van der Waals surface area (Å²) in [4.78, 5) is 0.183. The minimum Gasteiger partial charge on any atom is -0.312 e. The van der Waals surface area contributed by atoms with E-state index in [1.807, 2.05) is 0 Å². The van der Waals surface area contributed by atoms with Gasteiger partial charge in [0.2, 0.25) is 10.0 Å². The number of hydrogen-bond donors (Lipinski definition) is 1. The van der Waals surface area contributed by atoms with Crippen LogP contribution < -0.4 is 5.32 Å². The van der Waals surface area contributed by atoms with Gasteiger partial charge in [0.1, 0.15) is 5.82 Å². The molecule has 0 spiro atoms. The maximum absolute atomic E-state index is 13.0. The molecule has 116 valence electrons. The van der Waals surface area contributed by atoms with Gasteiger partial charge in [-0.25, -0.2) is 12.8 Å². The zero-order valence-corrected chi connectivity index (χ0v) is 12.8. The van der Waals surface area contributed by atoms with Crippen LogP contribution in [-0.2, 0) is 10.0 Å². The maximum atomic E-state index is 13.0. The van der Waals surface area contributed by atoms with Crippen LogP contribution in [0.15, 0.2) is 29.2 Å². The molecule has 21 heavy (non-hydrogen) atoms. The van der Waals surface area contributed by atoms with E-state index in [1.54, 1.807) is 4.31 Å². The van der Waals surface area contributed by atoms with E-state index < -0.39 is 15.8 Å². The molecule has 1 aliphatic carbocycles. The molecule has 1 atom stereocenters. The second-order valence-corrected chi connectivity index (χ2v) is 7.79. The molecule has 2 aliphatic rings. The highest BCUT2D eigenvalue weighted by Crippen LogP contribution is 2.26. The third-order valence-corrected chi connectivity index (χ3v) is 6.18. The number of rotatable bonds is 5. The average molecular weight is 312 g/mol. The molecular weight excluding hydrogens is 291 g/mol. The van der Waals surface area contributed by atoms with Crippen LogP contribution in [-0.4, -0.2) is 37.9 Å². The fourth-order valence-corrected chi connectivity index (χ4v) is 4.52. The highest BCUT2D eigenvalue weighted by molar-refractivity contribution is 7.89. The largest absolute Gasteiger partial charge is 0.312 e. The molecule has 1 aromatic carbocycles. The zero-order valence-electron chi connectivity index (χ0n) is 12.0. The summed E-state index contributed by atoms with van der Waals surface area (Å²) in [5, 5.41) is 3.42. The third-order valence-electron chi connectivity index (χ3n) is 4.21. The molecule has 2 fully saturated rings. The topological polar surface area (TPSA) is 49.4 Å². The molecule has 1 heterocycles. The molecule has 1 aliphatic heterocycles. The normalized spacial score (nSPS) is 24.1. The predicted octanol–water partition coefficient (Wildman–Crippen LogP) is 2.12. The van der Waals surface area contributed by atoms with Crippen molar-refractivity contribution in [3.8, 4) is 0 Å². The van der Waals surface area contributed by atoms with Crippen molar-refractivity contribution in [3.05, 3.63) is 30.1 Å². The fraction of sp³-hybridized carbons (Fsp3) is 0.600. The SMILES string of the molecule is O=S(=O)(c1ccc(F)cc1)N1CCCCC1CNC1CC1. The number of benzene rings is 1. The Morgan fingerprint density at radius 2 is 1.86 bits per heavy atom. The number of nitrogens with zero attached hydrogens (tertiary/aromatic N) is 1. The van der Waals surface area contributed by atoms with Crippen LogP contribution in [0.25, 0.3) is 0 Å². The summed E-state index contributed by atoms with van der Waals surface area (Å²) in [6.07, 6.45) is 5.22. The van der Waals surface area contributed by atoms with Crippen molar-refractivity contribution >= 4 is 10.0 Å². The number of piperidine rings is 1. The highest BCUT2D eigenvalue weighted by atomic mass is 32.2. The number of sulfonamides is 1. The number of nitrogens with one attached hydrogen (secondary N) is 1. The summed E-state index contributed by atoms with van der Waals surface area (Å²) in [5.41, 5.74) is 0. The van der Waals surface area contributed by atoms with Gasteiger partial charge in [0.15, 0.2) is 0 Å². The smallest absolute Gasteiger partial charge is 0.243 e. The second kappa shape index (κ2) is 6.02. The summed E-state index contributed by atoms with van der Waals surface area (Å²) in [6.45, 7) is 1.27. The third kappa shape index (κ3) is 3.44. The monoisotopic (exact) mass is 312 g/mol. The van der Waals surface area contributed by atoms with Crippen molar-refractivity contribution in [1.29, 1.82) is 0 Å². The van der Waals surface area contributed by atoms with E-state index in [0.717, 1.165) is 19.3 Å². The Morgan fingerprint density at radius 3 is 2.52 bits per heavy atom. The summed E-state index contributed by atoms with van der Waals surface area (Å²) < 4.78 is 40.1. The van der Waals surface area contributed by atoms with Crippen molar-refractivity contribution < 1.29 is 12.8 Å². The molecule has 1 N–H and O–H groups in total. The summed E-state index contributed by atoms with van der Waals surface area (Å²) in [7, 11) is -3.53. The average Bonchev–Trinajstić information content (AvgIpc) is 3.30. The Morgan fingerprint density at radius 1 is 1.14 bits per heavy atom. The molecule has 1 aromatic rings. The minimum absolute atomic E-state index is 0.00871. The first-order chi connectivity index (χ1) is 10.1. The Hall–Kier alpha value is -0.980. The van der Waals surface area contributed by atoms with Crippen molar-refractivity contribution in [2.45, 2.75) is 49.1 Å². The highest BCUT2D eigenvalue weighted by Gasteiger charge is 2.34. The van der Waals surface area contributed by atoms with Gasteiger partial charge in [-0.1, -0.05) is 6.42 Å². The number of hydrogen-bond acceptors (Lipinski definition) is 3. The van der Waals surface area contributed by atoms with Crippen LogP contribution >= 0.6 is 0 Å². The minimum atomic E-state index is -3.53. The molecular formula is C15H21FN2O2S. The quantitative estimate of drug-likeness (QED) is 0.906. The van der Waals surface area contributed by atoms with Gasteiger partial charge in [-0.05, 0) is 49.9 Å². The van der Waals surface area contributed by atoms with E-state index in [1.165, 1.54) is 37.1 Å². The van der Waals surface area contributed by atoms with E-state index in [2.05, 4.69) is 5.32 Å². The van der Waals surface area contributed by atoms with Crippen LogP contribution in [0.2, 0.25) is 0 Å². The van der Waals surface area contributed by atoms with E-state index in [-0.39, 0.29) is 10.9 Å². The van der Waals surface area contributed by atoms with Gasteiger partial charge in [-0.2, -0.15) is 4.31 Å². The van der Waals surface area contributed by atoms with E-state index in [4.69, 9.17) is 0 Å². The van der Waals surface area contributed by atoms with Crippen LogP contribution in [0.4, 0.5) is 4.39 Å². The predicted molar refractivity (Wildman–Crippen MR) is 79.0 cm³/mol. The number of halogens is 1. The van der Waals surface area contributed by atoms with E-state index in [9.17, 15) is 12.8 Å². The van der Waals surface area contributed by atoms with Crippen molar-refractivity contribution in [2.75, 3.05) is 13.1 Å². The molecule has 1 saturated carbocycles. The van der Waals surface area contributed by atoms with Gasteiger partial charge in [-0.3, -0.25) is 0 Å². The maximum Gasteiger partial charge on any atom is 0.243 e. The summed E-state index contributed by atoms with van der Waals surface area (Å²) in [6, 6.07) is 5.69. The molecule has 0 aromatic heterocycles. The molecule has 1 unspecified atom stereocenters. The van der Waals surface area contributed by atoms with Gasteiger partial charge in [0.25, 0.3) is 0 Å². The van der Waals surface area contributed by atoms with E-state index >= 15 is 0 Å². The van der Waals surface area contributed by atoms with Crippen LogP contribution in [0.1, 0.15) is 32.1 Å². The van der Waals surface area contributed by atoms with Gasteiger partial charge >= 0.3 is 0 Å². The molecule has 0 radical (unpaired) electrons. The van der Waals surface area contributed by atoms with Crippen LogP contribution in [0.5, 0.6) is 0 Å². The van der Waals surface area contributed by atoms with Crippen LogP contribution in [0, 0.1) is 5.82 Å². The lowest BCUT2D eigenvalue weighted by Gasteiger charge is -2.35. The fourth-order valence-electron chi connectivity index (χ4n) is 2.83. The van der Waals surface area contributed by atoms with Gasteiger partial charge in [0, 0.05) is 25.2 Å². The first-order valence-corrected chi connectivity index (χ1v) is 9.02. The van der Waals surface area contributed by atoms with Crippen molar-refractivity contribution in [2.24, 2.45) is 0 Å². The summed E-state index contributed by atoms with van der Waals surface area (Å²) in [5.74, 6) is -0.417. The lowest BCUT2D eigenvalue weighted by Crippen LogP contribution is -2.48. The molecule has 1 saturated heterocycles. The van der Waals surface area contributed by atoms with Gasteiger partial charge in [-0.15, -0.1) is 0 Å². The second-order valence-electron chi connectivity index (χ2n) is 5.90. The van der Waals surface area contributed by atoms with Crippen molar-refractivity contribution in [1.82, 2.24) is 9.62 Å². The van der Waals surface area contributed by atoms with E-state index in [0.29, 0.717) is 19.1 Å². The van der Waals surface area contributed by atoms with Gasteiger partial charge in [0.05, 0.1) is 4.90 Å². The first-order valence-electron chi connectivity index (χ1n) is 7.58.